The summed E-state index contributed by atoms with van der Waals surface area (Å²) in [6, 6.07) is 15.6. The molecule has 2 heterocycles. The minimum Gasteiger partial charge on any atom is -0.348 e. The van der Waals surface area contributed by atoms with E-state index in [0.29, 0.717) is 16.4 Å². The van der Waals surface area contributed by atoms with E-state index in [-0.39, 0.29) is 22.7 Å². The number of anilines is 1. The topological polar surface area (TPSA) is 119 Å². The second-order valence-electron chi connectivity index (χ2n) is 6.61. The van der Waals surface area contributed by atoms with Crippen LogP contribution < -0.4 is 10.0 Å². The number of para-hydroxylation sites is 1. The summed E-state index contributed by atoms with van der Waals surface area (Å²) in [5.74, 6) is 0.0785. The molecule has 0 bridgehead atoms. The van der Waals surface area contributed by atoms with Crippen LogP contribution in [0.3, 0.4) is 0 Å². The van der Waals surface area contributed by atoms with Crippen LogP contribution in [0.2, 0.25) is 5.02 Å². The van der Waals surface area contributed by atoms with Gasteiger partial charge in [-0.1, -0.05) is 29.8 Å². The van der Waals surface area contributed by atoms with E-state index in [1.54, 1.807) is 30.5 Å². The molecule has 0 spiro atoms. The fourth-order valence-corrected chi connectivity index (χ4v) is 4.16. The van der Waals surface area contributed by atoms with Crippen molar-refractivity contribution in [3.05, 3.63) is 95.7 Å². The summed E-state index contributed by atoms with van der Waals surface area (Å²) in [7, 11) is -3.91. The van der Waals surface area contributed by atoms with Gasteiger partial charge in [0.25, 0.3) is 15.9 Å². The lowest BCUT2D eigenvalue weighted by atomic mass is 10.1. The van der Waals surface area contributed by atoms with Crippen LogP contribution in [-0.4, -0.2) is 34.1 Å². The van der Waals surface area contributed by atoms with E-state index >= 15 is 0 Å². The third-order valence-electron chi connectivity index (χ3n) is 4.48. The van der Waals surface area contributed by atoms with Gasteiger partial charge in [0, 0.05) is 23.3 Å². The number of carbonyl (C=O) groups is 1. The molecule has 2 N–H and O–H groups in total. The molecule has 0 aliphatic rings. The van der Waals surface area contributed by atoms with Crippen molar-refractivity contribution < 1.29 is 13.2 Å². The highest BCUT2D eigenvalue weighted by molar-refractivity contribution is 7.92. The van der Waals surface area contributed by atoms with E-state index in [4.69, 9.17) is 11.6 Å². The van der Waals surface area contributed by atoms with Crippen molar-refractivity contribution in [2.24, 2.45) is 0 Å². The lowest BCUT2D eigenvalue weighted by Gasteiger charge is -2.14. The third kappa shape index (κ3) is 4.76. The number of amides is 1. The summed E-state index contributed by atoms with van der Waals surface area (Å²) in [5.41, 5.74) is 1.05. The van der Waals surface area contributed by atoms with Gasteiger partial charge in [0.2, 0.25) is 0 Å². The summed E-state index contributed by atoms with van der Waals surface area (Å²) in [4.78, 5) is 21.1. The Labute approximate surface area is 189 Å². The molecule has 0 unspecified atom stereocenters. The molecule has 162 valence electrons. The summed E-state index contributed by atoms with van der Waals surface area (Å²) in [5, 5.41) is 7.29. The smallest absolute Gasteiger partial charge is 0.261 e. The van der Waals surface area contributed by atoms with Gasteiger partial charge in [0.15, 0.2) is 5.82 Å². The number of carbonyl (C=O) groups excluding carboxylic acids is 1. The zero-order valence-electron chi connectivity index (χ0n) is 16.5. The highest BCUT2D eigenvalue weighted by Gasteiger charge is 2.19. The maximum Gasteiger partial charge on any atom is 0.261 e. The standard InChI is InChI=1S/C21H17ClN6O3S/c22-16-7-9-17(10-8-16)32(30,31)27-19-6-2-1-5-18(19)21(29)25-12-15-4-3-11-24-20(15)28-14-23-13-26-28/h1-11,13-14,27H,12H2,(H,25,29). The molecular formula is C21H17ClN6O3S. The van der Waals surface area contributed by atoms with E-state index < -0.39 is 15.9 Å². The van der Waals surface area contributed by atoms with Crippen LogP contribution in [0.25, 0.3) is 5.82 Å². The van der Waals surface area contributed by atoms with Gasteiger partial charge >= 0.3 is 0 Å². The van der Waals surface area contributed by atoms with E-state index in [0.717, 1.165) is 0 Å². The van der Waals surface area contributed by atoms with Gasteiger partial charge in [-0.15, -0.1) is 0 Å². The van der Waals surface area contributed by atoms with Crippen molar-refractivity contribution in [2.75, 3.05) is 4.72 Å². The fourth-order valence-electron chi connectivity index (χ4n) is 2.95. The third-order valence-corrected chi connectivity index (χ3v) is 6.12. The van der Waals surface area contributed by atoms with E-state index in [1.165, 1.54) is 53.7 Å². The number of aromatic nitrogens is 4. The molecule has 1 amide bonds. The molecule has 11 heteroatoms. The molecule has 4 aromatic rings. The van der Waals surface area contributed by atoms with Crippen LogP contribution >= 0.6 is 11.6 Å². The molecule has 0 aliphatic carbocycles. The maximum absolute atomic E-state index is 12.9. The second kappa shape index (κ2) is 9.16. The Bertz CT molecular complexity index is 1340. The van der Waals surface area contributed by atoms with Gasteiger partial charge in [-0.25, -0.2) is 23.1 Å². The summed E-state index contributed by atoms with van der Waals surface area (Å²) >= 11 is 5.84. The first-order valence-corrected chi connectivity index (χ1v) is 11.2. The second-order valence-corrected chi connectivity index (χ2v) is 8.73. The quantitative estimate of drug-likeness (QED) is 0.430. The van der Waals surface area contributed by atoms with Crippen molar-refractivity contribution in [3.63, 3.8) is 0 Å². The van der Waals surface area contributed by atoms with Crippen LogP contribution in [0.5, 0.6) is 0 Å². The number of rotatable bonds is 7. The molecule has 4 rings (SSSR count). The lowest BCUT2D eigenvalue weighted by Crippen LogP contribution is -2.25. The molecule has 0 atom stereocenters. The summed E-state index contributed by atoms with van der Waals surface area (Å²) in [6.07, 6.45) is 4.51. The van der Waals surface area contributed by atoms with Gasteiger partial charge in [-0.3, -0.25) is 9.52 Å². The first kappa shape index (κ1) is 21.5. The Hall–Kier alpha value is -3.76. The van der Waals surface area contributed by atoms with Gasteiger partial charge < -0.3 is 5.32 Å². The number of nitrogens with zero attached hydrogens (tertiary/aromatic N) is 4. The van der Waals surface area contributed by atoms with Crippen LogP contribution in [-0.2, 0) is 16.6 Å². The molecule has 2 aromatic heterocycles. The largest absolute Gasteiger partial charge is 0.348 e. The first-order valence-electron chi connectivity index (χ1n) is 9.38. The van der Waals surface area contributed by atoms with Crippen molar-refractivity contribution in [3.8, 4) is 5.82 Å². The minimum atomic E-state index is -3.91. The van der Waals surface area contributed by atoms with E-state index in [9.17, 15) is 13.2 Å². The summed E-state index contributed by atoms with van der Waals surface area (Å²) < 4.78 is 29.4. The van der Waals surface area contributed by atoms with Gasteiger partial charge in [0.05, 0.1) is 16.1 Å². The van der Waals surface area contributed by atoms with E-state index in [2.05, 4.69) is 25.1 Å². The minimum absolute atomic E-state index is 0.0324. The first-order chi connectivity index (χ1) is 15.4. The Morgan fingerprint density at radius 3 is 2.56 bits per heavy atom. The van der Waals surface area contributed by atoms with Crippen LogP contribution in [0.15, 0.2) is 84.4 Å². The predicted molar refractivity (Wildman–Crippen MR) is 119 cm³/mol. The highest BCUT2D eigenvalue weighted by Crippen LogP contribution is 2.21. The SMILES string of the molecule is O=C(NCc1cccnc1-n1cncn1)c1ccccc1NS(=O)(=O)c1ccc(Cl)cc1. The Morgan fingerprint density at radius 1 is 1.03 bits per heavy atom. The Morgan fingerprint density at radius 2 is 1.81 bits per heavy atom. The molecule has 0 aliphatic heterocycles. The van der Waals surface area contributed by atoms with Gasteiger partial charge in [0.1, 0.15) is 12.7 Å². The van der Waals surface area contributed by atoms with Crippen molar-refractivity contribution >= 4 is 33.2 Å². The highest BCUT2D eigenvalue weighted by atomic mass is 35.5. The van der Waals surface area contributed by atoms with Crippen molar-refractivity contribution in [1.29, 1.82) is 0 Å². The average molecular weight is 469 g/mol. The van der Waals surface area contributed by atoms with Crippen molar-refractivity contribution in [1.82, 2.24) is 25.1 Å². The number of nitrogens with one attached hydrogen (secondary N) is 2. The molecule has 9 nitrogen and oxygen atoms in total. The molecular weight excluding hydrogens is 452 g/mol. The lowest BCUT2D eigenvalue weighted by molar-refractivity contribution is 0.0952. The Balaban J connectivity index is 1.53. The fraction of sp³-hybridized carbons (Fsp3) is 0.0476. The predicted octanol–water partition coefficient (Wildman–Crippen LogP) is 3.05. The number of sulfonamides is 1. The molecule has 32 heavy (non-hydrogen) atoms. The number of halogens is 1. The van der Waals surface area contributed by atoms with Crippen LogP contribution in [0.4, 0.5) is 5.69 Å². The van der Waals surface area contributed by atoms with Crippen molar-refractivity contribution in [2.45, 2.75) is 11.4 Å². The average Bonchev–Trinajstić information content (AvgIpc) is 3.33. The van der Waals surface area contributed by atoms with Gasteiger partial charge in [-0.2, -0.15) is 5.10 Å². The van der Waals surface area contributed by atoms with Crippen LogP contribution in [0, 0.1) is 0 Å². The molecule has 0 saturated carbocycles. The molecule has 2 aromatic carbocycles. The van der Waals surface area contributed by atoms with Crippen LogP contribution in [0.1, 0.15) is 15.9 Å². The monoisotopic (exact) mass is 468 g/mol. The zero-order valence-corrected chi connectivity index (χ0v) is 18.1. The zero-order chi connectivity index (χ0) is 22.6. The number of benzene rings is 2. The molecule has 0 saturated heterocycles. The normalized spacial score (nSPS) is 11.2. The summed E-state index contributed by atoms with van der Waals surface area (Å²) in [6.45, 7) is 0.153. The molecule has 0 fully saturated rings. The number of hydrogen-bond donors (Lipinski definition) is 2. The number of pyridine rings is 1. The number of hydrogen-bond acceptors (Lipinski definition) is 6. The maximum atomic E-state index is 12.9. The Kier molecular flexibility index (Phi) is 6.15. The van der Waals surface area contributed by atoms with E-state index in [1.807, 2.05) is 0 Å². The molecule has 0 radical (unpaired) electrons. The van der Waals surface area contributed by atoms with Gasteiger partial charge in [-0.05, 0) is 42.5 Å².